The number of nitrogens with zero attached hydrogens (tertiary/aromatic N) is 3. The van der Waals surface area contributed by atoms with Crippen LogP contribution in [0, 0.1) is 11.7 Å². The maximum Gasteiger partial charge on any atom is 0.331 e. The lowest BCUT2D eigenvalue weighted by Gasteiger charge is -2.53. The minimum absolute atomic E-state index is 0.187. The lowest BCUT2D eigenvalue weighted by atomic mass is 9.82. The number of benzene rings is 2. The molecule has 0 spiro atoms. The summed E-state index contributed by atoms with van der Waals surface area (Å²) in [6.07, 6.45) is 6.18. The molecule has 0 N–H and O–H groups in total. The van der Waals surface area contributed by atoms with E-state index in [1.807, 2.05) is 37.3 Å². The molecular formula is C30H38FN3O3. The van der Waals surface area contributed by atoms with Gasteiger partial charge in [0.1, 0.15) is 24.4 Å². The predicted octanol–water partition coefficient (Wildman–Crippen LogP) is 4.16. The zero-order valence-corrected chi connectivity index (χ0v) is 21.8. The fourth-order valence-corrected chi connectivity index (χ4v) is 6.55. The summed E-state index contributed by atoms with van der Waals surface area (Å²) in [5.74, 6) is -0.524. The lowest BCUT2D eigenvalue weighted by molar-refractivity contribution is -0.939. The van der Waals surface area contributed by atoms with Crippen LogP contribution in [0.15, 0.2) is 59.6 Å². The molecule has 0 aliphatic carbocycles. The van der Waals surface area contributed by atoms with Gasteiger partial charge in [-0.25, -0.2) is 9.18 Å². The number of piperidine rings is 3. The summed E-state index contributed by atoms with van der Waals surface area (Å²) in [7, 11) is 0. The van der Waals surface area contributed by atoms with E-state index in [4.69, 9.17) is 4.74 Å². The molecule has 7 heteroatoms. The van der Waals surface area contributed by atoms with Gasteiger partial charge in [0.25, 0.3) is 0 Å². The highest BCUT2D eigenvalue weighted by Crippen LogP contribution is 2.38. The van der Waals surface area contributed by atoms with E-state index in [1.54, 1.807) is 12.1 Å². The number of hydrogen-bond donors (Lipinski definition) is 0. The molecule has 4 fully saturated rings. The van der Waals surface area contributed by atoms with Crippen molar-refractivity contribution in [2.24, 2.45) is 10.9 Å². The summed E-state index contributed by atoms with van der Waals surface area (Å²) < 4.78 is 20.5. The van der Waals surface area contributed by atoms with Crippen LogP contribution in [-0.4, -0.2) is 66.6 Å². The molecule has 4 saturated heterocycles. The van der Waals surface area contributed by atoms with Gasteiger partial charge in [-0.3, -0.25) is 9.89 Å². The number of likely N-dealkylation sites (tertiary alicyclic amines) is 1. The minimum atomic E-state index is -0.842. The molecule has 6 nitrogen and oxygen atoms in total. The molecule has 2 atom stereocenters. The van der Waals surface area contributed by atoms with Crippen LogP contribution in [0.3, 0.4) is 0 Å². The average molecular weight is 508 g/mol. The number of halogens is 1. The van der Waals surface area contributed by atoms with Gasteiger partial charge in [0.15, 0.2) is 6.10 Å². The Hall–Kier alpha value is -2.77. The van der Waals surface area contributed by atoms with Gasteiger partial charge in [-0.1, -0.05) is 49.2 Å². The van der Waals surface area contributed by atoms with Crippen LogP contribution < -0.4 is 5.11 Å². The molecule has 0 radical (unpaired) electrons. The Morgan fingerprint density at radius 3 is 2.46 bits per heavy atom. The third-order valence-electron chi connectivity index (χ3n) is 8.80. The Labute approximate surface area is 219 Å². The van der Waals surface area contributed by atoms with Gasteiger partial charge in [0, 0.05) is 24.7 Å². The number of aliphatic imine (C=N–C) groups is 1. The number of carbonyl (C=O) groups is 1. The van der Waals surface area contributed by atoms with Crippen LogP contribution in [-0.2, 0) is 15.1 Å². The highest BCUT2D eigenvalue weighted by molar-refractivity contribution is 5.82. The van der Waals surface area contributed by atoms with Gasteiger partial charge in [-0.2, -0.15) is 0 Å². The average Bonchev–Trinajstić information content (AvgIpc) is 3.19. The fourth-order valence-electron chi connectivity index (χ4n) is 6.55. The molecule has 1 unspecified atom stereocenters. The van der Waals surface area contributed by atoms with E-state index in [0.717, 1.165) is 57.4 Å². The Bertz CT molecular complexity index is 1110. The Balaban J connectivity index is 1.34. The van der Waals surface area contributed by atoms with Gasteiger partial charge in [0.05, 0.1) is 18.8 Å². The quantitative estimate of drug-likeness (QED) is 0.244. The predicted molar refractivity (Wildman–Crippen MR) is 140 cm³/mol. The highest BCUT2D eigenvalue weighted by atomic mass is 19.1. The molecule has 2 bridgehead atoms. The molecule has 0 saturated carbocycles. The number of ether oxygens (including phenoxy) is 1. The summed E-state index contributed by atoms with van der Waals surface area (Å²) in [5.41, 5.74) is 0.468. The summed E-state index contributed by atoms with van der Waals surface area (Å²) in [6, 6.07) is 15.8. The standard InChI is InChI=1S/C30H38FN3O3/c1-30(24-10-5-4-6-11-24,33-16-7-2-3-8-17-33)29(36)37-27-21-34(18-14-23(27)15-19-34)22-28(35)32-26-13-9-12-25(31)20-26/h4-6,9-13,20,23,27H,2-3,7-8,14-19,21-22H2,1H3/t23?,27-,30?,34?/m1/s1. The first kappa shape index (κ1) is 25.9. The van der Waals surface area contributed by atoms with Crippen LogP contribution in [0.5, 0.6) is 0 Å². The molecule has 2 aromatic rings. The van der Waals surface area contributed by atoms with Gasteiger partial charge in [-0.15, -0.1) is 0 Å². The number of carbonyl (C=O) groups excluding carboxylic acids is 1. The summed E-state index contributed by atoms with van der Waals surface area (Å²) in [4.78, 5) is 20.5. The second-order valence-corrected chi connectivity index (χ2v) is 11.2. The minimum Gasteiger partial charge on any atom is -0.858 e. The van der Waals surface area contributed by atoms with Crippen LogP contribution in [0.1, 0.15) is 51.0 Å². The van der Waals surface area contributed by atoms with Crippen molar-refractivity contribution in [3.8, 4) is 0 Å². The lowest BCUT2D eigenvalue weighted by Crippen LogP contribution is -2.67. The Morgan fingerprint density at radius 1 is 1.08 bits per heavy atom. The fraction of sp³-hybridized carbons (Fsp3) is 0.533. The zero-order valence-electron chi connectivity index (χ0n) is 21.8. The smallest absolute Gasteiger partial charge is 0.331 e. The summed E-state index contributed by atoms with van der Waals surface area (Å²) in [5, 5.41) is 12.9. The number of fused-ring (bicyclic) bond motifs is 3. The van der Waals surface area contributed by atoms with Crippen molar-refractivity contribution in [1.82, 2.24) is 4.90 Å². The zero-order chi connectivity index (χ0) is 25.9. The summed E-state index contributed by atoms with van der Waals surface area (Å²) in [6.45, 7) is 6.42. The molecule has 4 aliphatic heterocycles. The topological polar surface area (TPSA) is 65.0 Å². The number of hydrogen-bond acceptors (Lipinski definition) is 5. The number of esters is 1. The van der Waals surface area contributed by atoms with Gasteiger partial charge in [-0.05, 0) is 56.6 Å². The van der Waals surface area contributed by atoms with Crippen molar-refractivity contribution >= 4 is 17.6 Å². The van der Waals surface area contributed by atoms with Crippen molar-refractivity contribution in [3.05, 3.63) is 66.0 Å². The van der Waals surface area contributed by atoms with E-state index in [1.165, 1.54) is 25.0 Å². The third kappa shape index (κ3) is 5.58. The molecule has 2 aromatic carbocycles. The van der Waals surface area contributed by atoms with Crippen molar-refractivity contribution in [2.75, 3.05) is 39.3 Å². The molecule has 37 heavy (non-hydrogen) atoms. The first-order valence-corrected chi connectivity index (χ1v) is 13.7. The van der Waals surface area contributed by atoms with Crippen LogP contribution in [0.2, 0.25) is 0 Å². The van der Waals surface area contributed by atoms with Gasteiger partial charge < -0.3 is 14.3 Å². The first-order valence-electron chi connectivity index (χ1n) is 13.7. The van der Waals surface area contributed by atoms with Gasteiger partial charge >= 0.3 is 5.97 Å². The molecular weight excluding hydrogens is 469 g/mol. The molecule has 4 heterocycles. The number of rotatable bonds is 7. The molecule has 0 aromatic heterocycles. The molecule has 6 rings (SSSR count). The van der Waals surface area contributed by atoms with Crippen LogP contribution in [0.25, 0.3) is 0 Å². The van der Waals surface area contributed by atoms with E-state index in [9.17, 15) is 14.3 Å². The SMILES string of the molecule is CC(C(=O)O[C@@H]1C[N+]2(CC([O-])=Nc3cccc(F)c3)CCC1CC2)(c1ccccc1)N1CCCCCC1. The Kier molecular flexibility index (Phi) is 7.63. The van der Waals surface area contributed by atoms with E-state index in [0.29, 0.717) is 22.6 Å². The van der Waals surface area contributed by atoms with E-state index in [2.05, 4.69) is 9.89 Å². The second kappa shape index (κ2) is 10.9. The summed E-state index contributed by atoms with van der Waals surface area (Å²) >= 11 is 0. The maximum absolute atomic E-state index is 14.0. The molecule has 198 valence electrons. The number of quaternary nitrogens is 1. The van der Waals surface area contributed by atoms with Crippen LogP contribution in [0.4, 0.5) is 10.1 Å². The molecule has 4 aliphatic rings. The maximum atomic E-state index is 14.0. The van der Waals surface area contributed by atoms with Crippen LogP contribution >= 0.6 is 0 Å². The van der Waals surface area contributed by atoms with E-state index >= 15 is 0 Å². The van der Waals surface area contributed by atoms with Crippen molar-refractivity contribution in [1.29, 1.82) is 0 Å². The van der Waals surface area contributed by atoms with Crippen molar-refractivity contribution in [2.45, 2.75) is 57.1 Å². The first-order chi connectivity index (χ1) is 17.9. The van der Waals surface area contributed by atoms with Crippen molar-refractivity contribution in [3.63, 3.8) is 0 Å². The van der Waals surface area contributed by atoms with Gasteiger partial charge in [0.2, 0.25) is 0 Å². The monoisotopic (exact) mass is 507 g/mol. The highest BCUT2D eigenvalue weighted by Gasteiger charge is 2.50. The van der Waals surface area contributed by atoms with E-state index in [-0.39, 0.29) is 24.5 Å². The Morgan fingerprint density at radius 2 is 1.78 bits per heavy atom. The van der Waals surface area contributed by atoms with E-state index < -0.39 is 11.4 Å². The largest absolute Gasteiger partial charge is 0.858 e. The third-order valence-corrected chi connectivity index (χ3v) is 8.80. The second-order valence-electron chi connectivity index (χ2n) is 11.2. The normalized spacial score (nSPS) is 28.3. The van der Waals surface area contributed by atoms with Crippen molar-refractivity contribution < 1.29 is 23.5 Å². The molecule has 0 amide bonds.